The molecule has 1 aromatic rings. The number of hydrogen-bond acceptors (Lipinski definition) is 4. The van der Waals surface area contributed by atoms with Crippen LogP contribution in [0.25, 0.3) is 0 Å². The van der Waals surface area contributed by atoms with E-state index in [-0.39, 0.29) is 18.2 Å². The van der Waals surface area contributed by atoms with Gasteiger partial charge in [0.05, 0.1) is 11.7 Å². The van der Waals surface area contributed by atoms with Gasteiger partial charge in [0.15, 0.2) is 5.16 Å². The van der Waals surface area contributed by atoms with Gasteiger partial charge in [0.25, 0.3) is 5.92 Å². The van der Waals surface area contributed by atoms with Crippen LogP contribution in [0.4, 0.5) is 8.78 Å². The second-order valence-electron chi connectivity index (χ2n) is 5.45. The number of H-pyrrole nitrogens is 2. The Balaban J connectivity index is 1.56. The number of carbonyl (C=O) groups is 1. The SMILES string of the molecule is CC12CCN(C(=O)CSc3n[nH]c(=O)[nH]3)CC1C2(F)F. The predicted molar refractivity (Wildman–Crippen MR) is 67.7 cm³/mol. The maximum Gasteiger partial charge on any atom is 0.341 e. The van der Waals surface area contributed by atoms with Gasteiger partial charge in [-0.15, -0.1) is 5.10 Å². The van der Waals surface area contributed by atoms with Crippen molar-refractivity contribution in [2.75, 3.05) is 18.8 Å². The van der Waals surface area contributed by atoms with E-state index in [0.29, 0.717) is 18.1 Å². The molecule has 2 unspecified atom stereocenters. The number of piperidine rings is 1. The minimum atomic E-state index is -2.65. The molecule has 6 nitrogen and oxygen atoms in total. The molecule has 1 saturated carbocycles. The van der Waals surface area contributed by atoms with Crippen molar-refractivity contribution in [1.29, 1.82) is 0 Å². The number of aromatic nitrogens is 3. The van der Waals surface area contributed by atoms with Gasteiger partial charge in [-0.05, 0) is 6.42 Å². The lowest BCUT2D eigenvalue weighted by Gasteiger charge is -2.28. The minimum Gasteiger partial charge on any atom is -0.341 e. The number of halogens is 2. The quantitative estimate of drug-likeness (QED) is 0.805. The number of fused-ring (bicyclic) bond motifs is 1. The molecule has 9 heteroatoms. The largest absolute Gasteiger partial charge is 0.341 e. The average molecular weight is 304 g/mol. The van der Waals surface area contributed by atoms with E-state index in [2.05, 4.69) is 15.2 Å². The monoisotopic (exact) mass is 304 g/mol. The number of likely N-dealkylation sites (tertiary alicyclic amines) is 1. The van der Waals surface area contributed by atoms with E-state index in [0.717, 1.165) is 11.8 Å². The lowest BCUT2D eigenvalue weighted by atomic mass is 9.97. The summed E-state index contributed by atoms with van der Waals surface area (Å²) in [5.41, 5.74) is -1.36. The van der Waals surface area contributed by atoms with Crippen LogP contribution in [0.5, 0.6) is 0 Å². The molecule has 2 fully saturated rings. The summed E-state index contributed by atoms with van der Waals surface area (Å²) in [6.45, 7) is 2.06. The fourth-order valence-electron chi connectivity index (χ4n) is 2.78. The van der Waals surface area contributed by atoms with Gasteiger partial charge in [0, 0.05) is 18.5 Å². The summed E-state index contributed by atoms with van der Waals surface area (Å²) in [4.78, 5) is 26.7. The number of carbonyl (C=O) groups excluding carboxylic acids is 1. The van der Waals surface area contributed by atoms with E-state index in [1.54, 1.807) is 6.92 Å². The van der Waals surface area contributed by atoms with Crippen LogP contribution < -0.4 is 5.69 Å². The van der Waals surface area contributed by atoms with Crippen molar-refractivity contribution in [2.45, 2.75) is 24.4 Å². The van der Waals surface area contributed by atoms with Crippen LogP contribution in [-0.2, 0) is 4.79 Å². The van der Waals surface area contributed by atoms with Crippen LogP contribution in [0.3, 0.4) is 0 Å². The second-order valence-corrected chi connectivity index (χ2v) is 6.42. The van der Waals surface area contributed by atoms with Crippen LogP contribution in [-0.4, -0.2) is 50.8 Å². The van der Waals surface area contributed by atoms with E-state index >= 15 is 0 Å². The van der Waals surface area contributed by atoms with Gasteiger partial charge >= 0.3 is 5.69 Å². The molecule has 1 amide bonds. The first-order chi connectivity index (χ1) is 9.34. The van der Waals surface area contributed by atoms with Crippen LogP contribution in [0.15, 0.2) is 9.95 Å². The molecule has 1 aliphatic heterocycles. The average Bonchev–Trinajstić information content (AvgIpc) is 2.72. The summed E-state index contributed by atoms with van der Waals surface area (Å²) in [5, 5.41) is 6.19. The molecule has 3 rings (SSSR count). The summed E-state index contributed by atoms with van der Waals surface area (Å²) in [5.74, 6) is -3.50. The van der Waals surface area contributed by atoms with E-state index in [1.165, 1.54) is 4.90 Å². The van der Waals surface area contributed by atoms with Crippen molar-refractivity contribution in [1.82, 2.24) is 20.1 Å². The second kappa shape index (κ2) is 4.31. The first-order valence-electron chi connectivity index (χ1n) is 6.27. The Labute approximate surface area is 117 Å². The van der Waals surface area contributed by atoms with Gasteiger partial charge in [-0.1, -0.05) is 18.7 Å². The number of amides is 1. The smallest absolute Gasteiger partial charge is 0.341 e. The molecule has 2 atom stereocenters. The Kier molecular flexibility index (Phi) is 2.93. The summed E-state index contributed by atoms with van der Waals surface area (Å²) >= 11 is 1.08. The van der Waals surface area contributed by atoms with Gasteiger partial charge in [0.2, 0.25) is 5.91 Å². The van der Waals surface area contributed by atoms with Crippen molar-refractivity contribution < 1.29 is 13.6 Å². The molecule has 0 spiro atoms. The molecule has 2 aliphatic rings. The lowest BCUT2D eigenvalue weighted by Crippen LogP contribution is -2.39. The number of alkyl halides is 2. The van der Waals surface area contributed by atoms with E-state index in [9.17, 15) is 18.4 Å². The Bertz CT molecular complexity index is 601. The highest BCUT2D eigenvalue weighted by Gasteiger charge is 2.78. The summed E-state index contributed by atoms with van der Waals surface area (Å²) in [7, 11) is 0. The Morgan fingerprint density at radius 3 is 2.95 bits per heavy atom. The molecule has 2 N–H and O–H groups in total. The van der Waals surface area contributed by atoms with Crippen molar-refractivity contribution in [3.05, 3.63) is 10.5 Å². The highest BCUT2D eigenvalue weighted by atomic mass is 32.2. The first kappa shape index (κ1) is 13.6. The molecule has 0 bridgehead atoms. The summed E-state index contributed by atoms with van der Waals surface area (Å²) in [6.07, 6.45) is 0.334. The minimum absolute atomic E-state index is 0.0792. The van der Waals surface area contributed by atoms with E-state index in [4.69, 9.17) is 0 Å². The van der Waals surface area contributed by atoms with Crippen molar-refractivity contribution >= 4 is 17.7 Å². The maximum absolute atomic E-state index is 13.6. The molecule has 110 valence electrons. The molecule has 0 aromatic carbocycles. The fourth-order valence-corrected chi connectivity index (χ4v) is 3.50. The Morgan fingerprint density at radius 2 is 2.35 bits per heavy atom. The number of rotatable bonds is 3. The van der Waals surface area contributed by atoms with Crippen LogP contribution in [0.2, 0.25) is 0 Å². The number of hydrogen-bond donors (Lipinski definition) is 2. The first-order valence-corrected chi connectivity index (χ1v) is 7.26. The van der Waals surface area contributed by atoms with Crippen LogP contribution in [0, 0.1) is 11.3 Å². The number of aromatic amines is 2. The molecular formula is C11H14F2N4O2S. The Morgan fingerprint density at radius 1 is 1.60 bits per heavy atom. The predicted octanol–water partition coefficient (Wildman–Crippen LogP) is 0.694. The van der Waals surface area contributed by atoms with E-state index < -0.39 is 22.9 Å². The van der Waals surface area contributed by atoms with Crippen molar-refractivity contribution in [2.24, 2.45) is 11.3 Å². The normalized spacial score (nSPS) is 30.9. The van der Waals surface area contributed by atoms with Gasteiger partial charge in [0.1, 0.15) is 0 Å². The zero-order chi connectivity index (χ0) is 14.5. The standard InChI is InChI=1S/C11H14F2N4O2S/c1-10-2-3-17(4-6(10)11(10,12)13)7(18)5-20-9-14-8(19)15-16-9/h6H,2-5H2,1H3,(H2,14,15,16,19). The molecule has 20 heavy (non-hydrogen) atoms. The van der Waals surface area contributed by atoms with Gasteiger partial charge in [-0.25, -0.2) is 18.7 Å². The molecule has 2 heterocycles. The van der Waals surface area contributed by atoms with Gasteiger partial charge < -0.3 is 4.90 Å². The zero-order valence-electron chi connectivity index (χ0n) is 10.8. The molecular weight excluding hydrogens is 290 g/mol. The number of nitrogens with zero attached hydrogens (tertiary/aromatic N) is 2. The summed E-state index contributed by atoms with van der Waals surface area (Å²) < 4.78 is 27.2. The van der Waals surface area contributed by atoms with Crippen molar-refractivity contribution in [3.63, 3.8) is 0 Å². The highest BCUT2D eigenvalue weighted by molar-refractivity contribution is 7.99. The molecule has 1 aliphatic carbocycles. The van der Waals surface area contributed by atoms with Crippen LogP contribution in [0.1, 0.15) is 13.3 Å². The third kappa shape index (κ3) is 1.95. The molecule has 1 aromatic heterocycles. The number of thioether (sulfide) groups is 1. The molecule has 1 saturated heterocycles. The van der Waals surface area contributed by atoms with Crippen LogP contribution >= 0.6 is 11.8 Å². The topological polar surface area (TPSA) is 81.8 Å². The zero-order valence-corrected chi connectivity index (χ0v) is 11.6. The van der Waals surface area contributed by atoms with Gasteiger partial charge in [-0.3, -0.25) is 9.78 Å². The third-order valence-electron chi connectivity index (χ3n) is 4.35. The highest BCUT2D eigenvalue weighted by Crippen LogP contribution is 2.69. The van der Waals surface area contributed by atoms with Gasteiger partial charge in [-0.2, -0.15) is 0 Å². The van der Waals surface area contributed by atoms with Crippen molar-refractivity contribution in [3.8, 4) is 0 Å². The van der Waals surface area contributed by atoms with E-state index in [1.807, 2.05) is 0 Å². The maximum atomic E-state index is 13.6. The fraction of sp³-hybridized carbons (Fsp3) is 0.727. The molecule has 0 radical (unpaired) electrons. The number of nitrogens with one attached hydrogen (secondary N) is 2. The lowest BCUT2D eigenvalue weighted by molar-refractivity contribution is -0.129. The Hall–Kier alpha value is -1.38. The third-order valence-corrected chi connectivity index (χ3v) is 5.21. The summed E-state index contributed by atoms with van der Waals surface area (Å²) in [6, 6.07) is 0.